The van der Waals surface area contributed by atoms with E-state index in [1.165, 1.54) is 17.0 Å². The van der Waals surface area contributed by atoms with E-state index >= 15 is 0 Å². The summed E-state index contributed by atoms with van der Waals surface area (Å²) >= 11 is 0. The van der Waals surface area contributed by atoms with E-state index < -0.39 is 6.04 Å². The Morgan fingerprint density at radius 2 is 2.16 bits per heavy atom. The number of carbonyl (C=O) groups excluding carboxylic acids is 2. The number of amides is 2. The van der Waals surface area contributed by atoms with Gasteiger partial charge in [0.15, 0.2) is 0 Å². The summed E-state index contributed by atoms with van der Waals surface area (Å²) in [5.41, 5.74) is 1.64. The first-order valence-electron chi connectivity index (χ1n) is 6.43. The lowest BCUT2D eigenvalue weighted by Crippen LogP contribution is -2.44. The molecular formula is C14H15FN2O2. The van der Waals surface area contributed by atoms with Crippen LogP contribution < -0.4 is 4.90 Å². The lowest BCUT2D eigenvalue weighted by Gasteiger charge is -2.25. The molecule has 0 aromatic heterocycles. The van der Waals surface area contributed by atoms with Gasteiger partial charge in [0.25, 0.3) is 0 Å². The van der Waals surface area contributed by atoms with Crippen molar-refractivity contribution < 1.29 is 14.0 Å². The van der Waals surface area contributed by atoms with Crippen molar-refractivity contribution in [2.75, 3.05) is 18.5 Å². The normalized spacial score (nSPS) is 22.0. The van der Waals surface area contributed by atoms with Crippen molar-refractivity contribution >= 4 is 17.5 Å². The number of carbonyl (C=O) groups is 2. The van der Waals surface area contributed by atoms with Gasteiger partial charge in [0.05, 0.1) is 0 Å². The van der Waals surface area contributed by atoms with Crippen LogP contribution in [0.4, 0.5) is 10.1 Å². The monoisotopic (exact) mass is 262 g/mol. The van der Waals surface area contributed by atoms with Gasteiger partial charge in [-0.2, -0.15) is 0 Å². The summed E-state index contributed by atoms with van der Waals surface area (Å²) in [6.45, 7) is 0.566. The molecule has 0 aliphatic carbocycles. The Hall–Kier alpha value is -1.91. The minimum Gasteiger partial charge on any atom is -0.334 e. The highest BCUT2D eigenvalue weighted by Crippen LogP contribution is 2.31. The van der Waals surface area contributed by atoms with E-state index in [0.717, 1.165) is 12.0 Å². The first-order chi connectivity index (χ1) is 9.08. The summed E-state index contributed by atoms with van der Waals surface area (Å²) in [6.07, 6.45) is 1.71. The molecule has 5 heteroatoms. The lowest BCUT2D eigenvalue weighted by atomic mass is 10.1. The maximum atomic E-state index is 13.3. The van der Waals surface area contributed by atoms with Gasteiger partial charge >= 0.3 is 0 Å². The Morgan fingerprint density at radius 3 is 2.84 bits per heavy atom. The third-order valence-electron chi connectivity index (χ3n) is 3.99. The zero-order chi connectivity index (χ0) is 13.6. The Labute approximate surface area is 110 Å². The van der Waals surface area contributed by atoms with Crippen LogP contribution in [0.3, 0.4) is 0 Å². The van der Waals surface area contributed by atoms with E-state index in [1.54, 1.807) is 18.0 Å². The number of halogens is 1. The Bertz CT molecular complexity index is 558. The molecule has 0 bridgehead atoms. The van der Waals surface area contributed by atoms with E-state index in [2.05, 4.69) is 0 Å². The van der Waals surface area contributed by atoms with E-state index in [-0.39, 0.29) is 17.6 Å². The highest BCUT2D eigenvalue weighted by atomic mass is 19.1. The SMILES string of the molecule is CN1C(=O)CC[C@@H]1C(=O)N1CCc2ccc(F)cc21. The van der Waals surface area contributed by atoms with E-state index in [1.807, 2.05) is 0 Å². The van der Waals surface area contributed by atoms with Crippen LogP contribution in [0.15, 0.2) is 18.2 Å². The number of benzene rings is 1. The molecule has 19 heavy (non-hydrogen) atoms. The van der Waals surface area contributed by atoms with Crippen molar-refractivity contribution in [1.29, 1.82) is 0 Å². The summed E-state index contributed by atoms with van der Waals surface area (Å²) in [7, 11) is 1.65. The van der Waals surface area contributed by atoms with Gasteiger partial charge in [0.1, 0.15) is 11.9 Å². The summed E-state index contributed by atoms with van der Waals surface area (Å²) in [4.78, 5) is 27.1. The largest absolute Gasteiger partial charge is 0.334 e. The van der Waals surface area contributed by atoms with Crippen molar-refractivity contribution in [2.45, 2.75) is 25.3 Å². The van der Waals surface area contributed by atoms with Crippen LogP contribution in [0.5, 0.6) is 0 Å². The van der Waals surface area contributed by atoms with Crippen LogP contribution in [-0.4, -0.2) is 36.3 Å². The molecular weight excluding hydrogens is 247 g/mol. The number of hydrogen-bond acceptors (Lipinski definition) is 2. The smallest absolute Gasteiger partial charge is 0.249 e. The summed E-state index contributed by atoms with van der Waals surface area (Å²) in [5, 5.41) is 0. The van der Waals surface area contributed by atoms with E-state index in [0.29, 0.717) is 25.1 Å². The quantitative estimate of drug-likeness (QED) is 0.766. The Balaban J connectivity index is 1.87. The molecule has 2 heterocycles. The van der Waals surface area contributed by atoms with Crippen molar-refractivity contribution in [2.24, 2.45) is 0 Å². The molecule has 1 fully saturated rings. The predicted molar refractivity (Wildman–Crippen MR) is 68.2 cm³/mol. The lowest BCUT2D eigenvalue weighted by molar-refractivity contribution is -0.132. The molecule has 2 aliphatic rings. The fourth-order valence-corrected chi connectivity index (χ4v) is 2.85. The standard InChI is InChI=1S/C14H15FN2O2/c1-16-11(4-5-13(16)18)14(19)17-7-6-9-2-3-10(15)8-12(9)17/h2-3,8,11H,4-7H2,1H3/t11-/m1/s1. The molecule has 1 saturated heterocycles. The zero-order valence-corrected chi connectivity index (χ0v) is 10.7. The number of anilines is 1. The molecule has 1 atom stereocenters. The van der Waals surface area contributed by atoms with Crippen LogP contribution >= 0.6 is 0 Å². The molecule has 2 amide bonds. The molecule has 4 nitrogen and oxygen atoms in total. The van der Waals surface area contributed by atoms with Gasteiger partial charge in [-0.15, -0.1) is 0 Å². The van der Waals surface area contributed by atoms with Crippen LogP contribution in [0.1, 0.15) is 18.4 Å². The summed E-state index contributed by atoms with van der Waals surface area (Å²) < 4.78 is 13.3. The molecule has 0 N–H and O–H groups in total. The van der Waals surface area contributed by atoms with Crippen molar-refractivity contribution in [3.05, 3.63) is 29.6 Å². The number of fused-ring (bicyclic) bond motifs is 1. The first kappa shape index (κ1) is 12.1. The zero-order valence-electron chi connectivity index (χ0n) is 10.7. The third-order valence-corrected chi connectivity index (χ3v) is 3.99. The Kier molecular flexibility index (Phi) is 2.77. The van der Waals surface area contributed by atoms with Gasteiger partial charge in [0.2, 0.25) is 11.8 Å². The minimum atomic E-state index is -0.401. The first-order valence-corrected chi connectivity index (χ1v) is 6.43. The molecule has 0 unspecified atom stereocenters. The van der Waals surface area contributed by atoms with Crippen LogP contribution in [0, 0.1) is 5.82 Å². The topological polar surface area (TPSA) is 40.6 Å². The predicted octanol–water partition coefficient (Wildman–Crippen LogP) is 1.34. The molecule has 1 aromatic rings. The number of rotatable bonds is 1. The van der Waals surface area contributed by atoms with Crippen LogP contribution in [0.2, 0.25) is 0 Å². The summed E-state index contributed by atoms with van der Waals surface area (Å²) in [6, 6.07) is 4.14. The highest BCUT2D eigenvalue weighted by molar-refractivity contribution is 6.02. The molecule has 1 aromatic carbocycles. The average Bonchev–Trinajstić information content (AvgIpc) is 2.94. The average molecular weight is 262 g/mol. The molecule has 0 saturated carbocycles. The van der Waals surface area contributed by atoms with Gasteiger partial charge < -0.3 is 9.80 Å². The highest BCUT2D eigenvalue weighted by Gasteiger charge is 2.38. The van der Waals surface area contributed by atoms with Gasteiger partial charge in [-0.05, 0) is 30.5 Å². The number of hydrogen-bond donors (Lipinski definition) is 0. The van der Waals surface area contributed by atoms with Crippen LogP contribution in [-0.2, 0) is 16.0 Å². The second-order valence-corrected chi connectivity index (χ2v) is 5.07. The minimum absolute atomic E-state index is 0.00277. The fraction of sp³-hybridized carbons (Fsp3) is 0.429. The molecule has 0 radical (unpaired) electrons. The maximum Gasteiger partial charge on any atom is 0.249 e. The van der Waals surface area contributed by atoms with Crippen molar-refractivity contribution in [3.8, 4) is 0 Å². The van der Waals surface area contributed by atoms with Gasteiger partial charge in [0, 0.05) is 25.7 Å². The summed E-state index contributed by atoms with van der Waals surface area (Å²) in [5.74, 6) is -0.441. The molecule has 0 spiro atoms. The van der Waals surface area contributed by atoms with Crippen molar-refractivity contribution in [1.82, 2.24) is 4.90 Å². The fourth-order valence-electron chi connectivity index (χ4n) is 2.85. The van der Waals surface area contributed by atoms with E-state index in [4.69, 9.17) is 0 Å². The second-order valence-electron chi connectivity index (χ2n) is 5.07. The van der Waals surface area contributed by atoms with Gasteiger partial charge in [-0.1, -0.05) is 6.07 Å². The van der Waals surface area contributed by atoms with Gasteiger partial charge in [-0.3, -0.25) is 9.59 Å². The maximum absolute atomic E-state index is 13.3. The number of nitrogens with zero attached hydrogens (tertiary/aromatic N) is 2. The molecule has 100 valence electrons. The number of likely N-dealkylation sites (tertiary alicyclic amines) is 1. The van der Waals surface area contributed by atoms with Crippen LogP contribution in [0.25, 0.3) is 0 Å². The van der Waals surface area contributed by atoms with Gasteiger partial charge in [-0.25, -0.2) is 4.39 Å². The Morgan fingerprint density at radius 1 is 1.37 bits per heavy atom. The molecule has 2 aliphatic heterocycles. The van der Waals surface area contributed by atoms with Crippen molar-refractivity contribution in [3.63, 3.8) is 0 Å². The van der Waals surface area contributed by atoms with E-state index in [9.17, 15) is 14.0 Å². The molecule has 3 rings (SSSR count). The number of likely N-dealkylation sites (N-methyl/N-ethyl adjacent to an activating group) is 1. The third kappa shape index (κ3) is 1.89. The second kappa shape index (κ2) is 4.33.